The molecule has 0 atom stereocenters. The van der Waals surface area contributed by atoms with Gasteiger partial charge in [0.2, 0.25) is 10.0 Å². The number of methoxy groups -OCH3 is 1. The summed E-state index contributed by atoms with van der Waals surface area (Å²) in [6, 6.07) is 11.4. The first-order valence-electron chi connectivity index (χ1n) is 8.97. The number of nitrogens with one attached hydrogen (secondary N) is 2. The van der Waals surface area contributed by atoms with Crippen molar-refractivity contribution >= 4 is 15.9 Å². The molecule has 0 unspecified atom stereocenters. The molecule has 0 aliphatic rings. The lowest BCUT2D eigenvalue weighted by Gasteiger charge is -2.15. The van der Waals surface area contributed by atoms with E-state index >= 15 is 0 Å². The molecule has 0 fully saturated rings. The van der Waals surface area contributed by atoms with Crippen LogP contribution in [0.15, 0.2) is 47.4 Å². The van der Waals surface area contributed by atoms with E-state index in [2.05, 4.69) is 10.0 Å². The van der Waals surface area contributed by atoms with Crippen molar-refractivity contribution < 1.29 is 22.7 Å². The zero-order chi connectivity index (χ0) is 20.7. The summed E-state index contributed by atoms with van der Waals surface area (Å²) >= 11 is 0. The molecule has 0 radical (unpaired) electrons. The number of carbonyl (C=O) groups excluding carboxylic acids is 1. The second kappa shape index (κ2) is 9.57. The first-order chi connectivity index (χ1) is 13.3. The Morgan fingerprint density at radius 2 is 1.79 bits per heavy atom. The maximum atomic E-state index is 12.6. The predicted octanol–water partition coefficient (Wildman–Crippen LogP) is 2.71. The van der Waals surface area contributed by atoms with Gasteiger partial charge in [-0.2, -0.15) is 0 Å². The predicted molar refractivity (Wildman–Crippen MR) is 107 cm³/mol. The topological polar surface area (TPSA) is 93.7 Å². The van der Waals surface area contributed by atoms with Crippen molar-refractivity contribution in [3.63, 3.8) is 0 Å². The number of hydrogen-bond acceptors (Lipinski definition) is 5. The van der Waals surface area contributed by atoms with Crippen LogP contribution in [0.1, 0.15) is 36.7 Å². The van der Waals surface area contributed by atoms with Crippen molar-refractivity contribution in [3.05, 3.63) is 53.6 Å². The van der Waals surface area contributed by atoms with Gasteiger partial charge in [0.1, 0.15) is 16.4 Å². The SMILES string of the molecule is CCOc1ccc(C(=O)NCc2ccc(OC)cc2)cc1S(=O)(=O)NC(C)C. The van der Waals surface area contributed by atoms with E-state index in [0.717, 1.165) is 11.3 Å². The highest BCUT2D eigenvalue weighted by Crippen LogP contribution is 2.25. The summed E-state index contributed by atoms with van der Waals surface area (Å²) in [6.45, 7) is 5.84. The van der Waals surface area contributed by atoms with E-state index in [1.54, 1.807) is 46.1 Å². The molecule has 7 nitrogen and oxygen atoms in total. The number of sulfonamides is 1. The standard InChI is InChI=1S/C20H26N2O5S/c1-5-27-18-11-8-16(12-19(18)28(24,25)22-14(2)3)20(23)21-13-15-6-9-17(26-4)10-7-15/h6-12,14,22H,5,13H2,1-4H3,(H,21,23). The first-order valence-corrected chi connectivity index (χ1v) is 10.5. The second-order valence-corrected chi connectivity index (χ2v) is 8.08. The zero-order valence-corrected chi connectivity index (χ0v) is 17.3. The van der Waals surface area contributed by atoms with Crippen LogP contribution in [0, 0.1) is 0 Å². The Labute approximate surface area is 166 Å². The average Bonchev–Trinajstić information content (AvgIpc) is 2.66. The molecule has 1 amide bonds. The van der Waals surface area contributed by atoms with E-state index in [9.17, 15) is 13.2 Å². The van der Waals surface area contributed by atoms with Gasteiger partial charge in [0.05, 0.1) is 13.7 Å². The van der Waals surface area contributed by atoms with E-state index in [4.69, 9.17) is 9.47 Å². The van der Waals surface area contributed by atoms with Crippen molar-refractivity contribution in [3.8, 4) is 11.5 Å². The number of carbonyl (C=O) groups is 1. The Bertz CT molecular complexity index is 909. The maximum Gasteiger partial charge on any atom is 0.251 e. The molecule has 0 aliphatic carbocycles. The molecule has 2 N–H and O–H groups in total. The van der Waals surface area contributed by atoms with Crippen LogP contribution in [0.25, 0.3) is 0 Å². The molecule has 2 aromatic rings. The first kappa shape index (κ1) is 21.7. The lowest BCUT2D eigenvalue weighted by Crippen LogP contribution is -2.31. The molecule has 0 saturated carbocycles. The van der Waals surface area contributed by atoms with Crippen LogP contribution in [0.4, 0.5) is 0 Å². The van der Waals surface area contributed by atoms with Gasteiger partial charge in [-0.3, -0.25) is 4.79 Å². The van der Waals surface area contributed by atoms with Gasteiger partial charge >= 0.3 is 0 Å². The zero-order valence-electron chi connectivity index (χ0n) is 16.5. The van der Waals surface area contributed by atoms with Crippen LogP contribution in [-0.2, 0) is 16.6 Å². The smallest absolute Gasteiger partial charge is 0.251 e. The van der Waals surface area contributed by atoms with Crippen LogP contribution < -0.4 is 19.5 Å². The fourth-order valence-electron chi connectivity index (χ4n) is 2.54. The Morgan fingerprint density at radius 1 is 1.11 bits per heavy atom. The van der Waals surface area contributed by atoms with Gasteiger partial charge < -0.3 is 14.8 Å². The number of amides is 1. The van der Waals surface area contributed by atoms with Crippen LogP contribution in [0.5, 0.6) is 11.5 Å². The quantitative estimate of drug-likeness (QED) is 0.668. The van der Waals surface area contributed by atoms with Crippen LogP contribution in [0.2, 0.25) is 0 Å². The molecule has 0 saturated heterocycles. The molecular weight excluding hydrogens is 380 g/mol. The summed E-state index contributed by atoms with van der Waals surface area (Å²) in [5.41, 5.74) is 1.13. The van der Waals surface area contributed by atoms with E-state index in [0.29, 0.717) is 13.2 Å². The van der Waals surface area contributed by atoms with Crippen molar-refractivity contribution in [1.82, 2.24) is 10.0 Å². The molecule has 152 valence electrons. The lowest BCUT2D eigenvalue weighted by molar-refractivity contribution is 0.0950. The lowest BCUT2D eigenvalue weighted by atomic mass is 10.2. The molecule has 2 aromatic carbocycles. The highest BCUT2D eigenvalue weighted by atomic mass is 32.2. The van der Waals surface area contributed by atoms with Crippen LogP contribution in [-0.4, -0.2) is 34.1 Å². The molecular formula is C20H26N2O5S. The normalized spacial score (nSPS) is 11.3. The molecule has 0 aromatic heterocycles. The monoisotopic (exact) mass is 406 g/mol. The van der Waals surface area contributed by atoms with Gasteiger partial charge in [-0.25, -0.2) is 13.1 Å². The van der Waals surface area contributed by atoms with Gasteiger partial charge in [0.25, 0.3) is 5.91 Å². The van der Waals surface area contributed by atoms with Gasteiger partial charge in [-0.15, -0.1) is 0 Å². The second-order valence-electron chi connectivity index (χ2n) is 6.40. The van der Waals surface area contributed by atoms with Crippen LogP contribution in [0.3, 0.4) is 0 Å². The van der Waals surface area contributed by atoms with E-state index in [1.165, 1.54) is 12.1 Å². The van der Waals surface area contributed by atoms with Gasteiger partial charge in [-0.05, 0) is 56.7 Å². The van der Waals surface area contributed by atoms with Crippen molar-refractivity contribution in [2.24, 2.45) is 0 Å². The Balaban J connectivity index is 2.22. The summed E-state index contributed by atoms with van der Waals surface area (Å²) < 4.78 is 38.3. The fourth-order valence-corrected chi connectivity index (χ4v) is 3.96. The van der Waals surface area contributed by atoms with Gasteiger partial charge in [0, 0.05) is 18.2 Å². The highest BCUT2D eigenvalue weighted by molar-refractivity contribution is 7.89. The molecule has 28 heavy (non-hydrogen) atoms. The minimum absolute atomic E-state index is 0.0554. The van der Waals surface area contributed by atoms with E-state index in [1.807, 2.05) is 12.1 Å². The third-order valence-corrected chi connectivity index (χ3v) is 5.48. The minimum Gasteiger partial charge on any atom is -0.497 e. The van der Waals surface area contributed by atoms with Crippen LogP contribution >= 0.6 is 0 Å². The average molecular weight is 407 g/mol. The fraction of sp³-hybridized carbons (Fsp3) is 0.350. The molecule has 2 rings (SSSR count). The highest BCUT2D eigenvalue weighted by Gasteiger charge is 2.22. The molecule has 0 spiro atoms. The summed E-state index contributed by atoms with van der Waals surface area (Å²) in [5.74, 6) is 0.566. The largest absolute Gasteiger partial charge is 0.497 e. The summed E-state index contributed by atoms with van der Waals surface area (Å²) in [4.78, 5) is 12.5. The summed E-state index contributed by atoms with van der Waals surface area (Å²) in [6.07, 6.45) is 0. The molecule has 0 bridgehead atoms. The third-order valence-electron chi connectivity index (χ3n) is 3.80. The molecule has 0 aliphatic heterocycles. The number of ether oxygens (including phenoxy) is 2. The van der Waals surface area contributed by atoms with E-state index < -0.39 is 10.0 Å². The Kier molecular flexibility index (Phi) is 7.42. The molecule has 0 heterocycles. The number of rotatable bonds is 9. The van der Waals surface area contributed by atoms with Gasteiger partial charge in [-0.1, -0.05) is 12.1 Å². The number of hydrogen-bond donors (Lipinski definition) is 2. The Morgan fingerprint density at radius 3 is 2.36 bits per heavy atom. The molecule has 8 heteroatoms. The Hall–Kier alpha value is -2.58. The minimum atomic E-state index is -3.81. The van der Waals surface area contributed by atoms with Gasteiger partial charge in [0.15, 0.2) is 0 Å². The van der Waals surface area contributed by atoms with Crippen molar-refractivity contribution in [1.29, 1.82) is 0 Å². The van der Waals surface area contributed by atoms with Crippen molar-refractivity contribution in [2.45, 2.75) is 38.3 Å². The van der Waals surface area contributed by atoms with Crippen molar-refractivity contribution in [2.75, 3.05) is 13.7 Å². The third kappa shape index (κ3) is 5.71. The van der Waals surface area contributed by atoms with E-state index in [-0.39, 0.29) is 28.2 Å². The summed E-state index contributed by atoms with van der Waals surface area (Å²) in [5, 5.41) is 2.79. The number of benzene rings is 2. The summed E-state index contributed by atoms with van der Waals surface area (Å²) in [7, 11) is -2.23. The maximum absolute atomic E-state index is 12.6.